The predicted molar refractivity (Wildman–Crippen MR) is 84.6 cm³/mol. The van der Waals surface area contributed by atoms with E-state index in [9.17, 15) is 4.79 Å². The Kier molecular flexibility index (Phi) is 4.57. The second-order valence-corrected chi connectivity index (χ2v) is 6.49. The number of hydrogen-bond donors (Lipinski definition) is 0. The average molecular weight is 325 g/mol. The maximum absolute atomic E-state index is 12.9. The van der Waals surface area contributed by atoms with E-state index in [1.807, 2.05) is 4.90 Å². The van der Waals surface area contributed by atoms with E-state index in [0.717, 1.165) is 6.54 Å². The lowest BCUT2D eigenvalue weighted by Gasteiger charge is -2.30. The molecule has 1 aromatic rings. The molecule has 2 saturated heterocycles. The highest BCUT2D eigenvalue weighted by Gasteiger charge is 2.34. The molecular formula is C16H21ClN2O3. The van der Waals surface area contributed by atoms with Crippen molar-refractivity contribution >= 4 is 17.5 Å². The van der Waals surface area contributed by atoms with Gasteiger partial charge >= 0.3 is 0 Å². The molecule has 2 fully saturated rings. The van der Waals surface area contributed by atoms with Crippen molar-refractivity contribution in [1.29, 1.82) is 0 Å². The van der Waals surface area contributed by atoms with E-state index in [4.69, 9.17) is 21.1 Å². The third kappa shape index (κ3) is 3.07. The summed E-state index contributed by atoms with van der Waals surface area (Å²) in [6.45, 7) is 3.74. The van der Waals surface area contributed by atoms with Crippen molar-refractivity contribution in [3.05, 3.63) is 28.8 Å². The number of carbonyl (C=O) groups excluding carboxylic acids is 1. The molecule has 0 unspecified atom stereocenters. The molecule has 2 bridgehead atoms. The molecule has 2 atom stereocenters. The molecule has 1 amide bonds. The smallest absolute Gasteiger partial charge is 0.257 e. The Labute approximate surface area is 135 Å². The molecule has 2 heterocycles. The van der Waals surface area contributed by atoms with Crippen molar-refractivity contribution in [3.8, 4) is 5.75 Å². The largest absolute Gasteiger partial charge is 0.496 e. The van der Waals surface area contributed by atoms with Gasteiger partial charge in [-0.25, -0.2) is 0 Å². The van der Waals surface area contributed by atoms with Crippen LogP contribution < -0.4 is 4.74 Å². The Morgan fingerprint density at radius 3 is 2.91 bits per heavy atom. The monoisotopic (exact) mass is 324 g/mol. The Bertz CT molecular complexity index is 566. The predicted octanol–water partition coefficient (Wildman–Crippen LogP) is 1.75. The van der Waals surface area contributed by atoms with E-state index in [0.29, 0.717) is 48.6 Å². The number of nitrogens with zero attached hydrogens (tertiary/aromatic N) is 2. The van der Waals surface area contributed by atoms with Gasteiger partial charge in [0.05, 0.1) is 31.9 Å². The van der Waals surface area contributed by atoms with Gasteiger partial charge in [0.15, 0.2) is 0 Å². The highest BCUT2D eigenvalue weighted by molar-refractivity contribution is 6.30. The van der Waals surface area contributed by atoms with Crippen molar-refractivity contribution < 1.29 is 14.3 Å². The average Bonchev–Trinajstić information content (AvgIpc) is 2.74. The SMILES string of the molecule is COc1cc(Cl)ccc1C(=O)N1C[C@@H]2COC[C@H](C1)N(C)C2. The molecule has 3 rings (SSSR count). The summed E-state index contributed by atoms with van der Waals surface area (Å²) in [6, 6.07) is 5.40. The lowest BCUT2D eigenvalue weighted by atomic mass is 10.1. The third-order valence-corrected chi connectivity index (χ3v) is 4.66. The molecule has 0 radical (unpaired) electrons. The summed E-state index contributed by atoms with van der Waals surface area (Å²) in [6.07, 6.45) is 0. The number of ether oxygens (including phenoxy) is 2. The van der Waals surface area contributed by atoms with Crippen molar-refractivity contribution in [1.82, 2.24) is 9.80 Å². The van der Waals surface area contributed by atoms with Crippen LogP contribution in [-0.2, 0) is 4.74 Å². The zero-order valence-electron chi connectivity index (χ0n) is 12.9. The van der Waals surface area contributed by atoms with Gasteiger partial charge in [-0.1, -0.05) is 11.6 Å². The van der Waals surface area contributed by atoms with Gasteiger partial charge in [-0.2, -0.15) is 0 Å². The van der Waals surface area contributed by atoms with Gasteiger partial charge in [0.2, 0.25) is 0 Å². The highest BCUT2D eigenvalue weighted by atomic mass is 35.5. The van der Waals surface area contributed by atoms with Crippen molar-refractivity contribution in [2.45, 2.75) is 6.04 Å². The summed E-state index contributed by atoms with van der Waals surface area (Å²) in [5.41, 5.74) is 0.565. The molecule has 2 aliphatic heterocycles. The van der Waals surface area contributed by atoms with Crippen LogP contribution in [0.15, 0.2) is 18.2 Å². The van der Waals surface area contributed by atoms with Crippen LogP contribution in [0, 0.1) is 5.92 Å². The number of halogens is 1. The molecular weight excluding hydrogens is 304 g/mol. The molecule has 0 saturated carbocycles. The lowest BCUT2D eigenvalue weighted by Crippen LogP contribution is -2.44. The quantitative estimate of drug-likeness (QED) is 0.831. The third-order valence-electron chi connectivity index (χ3n) is 4.42. The van der Waals surface area contributed by atoms with E-state index in [2.05, 4.69) is 11.9 Å². The minimum Gasteiger partial charge on any atom is -0.496 e. The van der Waals surface area contributed by atoms with Crippen LogP contribution in [-0.4, -0.2) is 68.8 Å². The molecule has 120 valence electrons. The fourth-order valence-corrected chi connectivity index (χ4v) is 3.39. The fraction of sp³-hybridized carbons (Fsp3) is 0.562. The van der Waals surface area contributed by atoms with Crippen molar-refractivity contribution in [2.24, 2.45) is 5.92 Å². The van der Waals surface area contributed by atoms with Gasteiger partial charge in [-0.05, 0) is 25.2 Å². The Hall–Kier alpha value is -1.30. The summed E-state index contributed by atoms with van der Waals surface area (Å²) < 4.78 is 11.0. The molecule has 22 heavy (non-hydrogen) atoms. The Balaban J connectivity index is 1.86. The van der Waals surface area contributed by atoms with Gasteiger partial charge in [0, 0.05) is 30.6 Å². The van der Waals surface area contributed by atoms with Gasteiger partial charge in [-0.3, -0.25) is 9.69 Å². The number of amides is 1. The Morgan fingerprint density at radius 1 is 1.32 bits per heavy atom. The Morgan fingerprint density at radius 2 is 2.14 bits per heavy atom. The standard InChI is InChI=1S/C16H21ClN2O3/c1-18-6-11-7-19(8-13(18)10-22-9-11)16(20)14-4-3-12(17)5-15(14)21-2/h3-5,11,13H,6-10H2,1-2H3/t11-,13+/m1/s1. The maximum atomic E-state index is 12.9. The van der Waals surface area contributed by atoms with Gasteiger partial charge in [0.1, 0.15) is 5.75 Å². The first-order valence-corrected chi connectivity index (χ1v) is 7.87. The van der Waals surface area contributed by atoms with Crippen LogP contribution in [0.2, 0.25) is 5.02 Å². The fourth-order valence-electron chi connectivity index (χ4n) is 3.23. The van der Waals surface area contributed by atoms with Crippen LogP contribution in [0.1, 0.15) is 10.4 Å². The molecule has 0 N–H and O–H groups in total. The van der Waals surface area contributed by atoms with Crippen LogP contribution >= 0.6 is 11.6 Å². The molecule has 2 aliphatic rings. The van der Waals surface area contributed by atoms with E-state index in [1.54, 1.807) is 25.3 Å². The van der Waals surface area contributed by atoms with Gasteiger partial charge in [-0.15, -0.1) is 0 Å². The van der Waals surface area contributed by atoms with E-state index in [-0.39, 0.29) is 11.9 Å². The molecule has 5 nitrogen and oxygen atoms in total. The first-order valence-electron chi connectivity index (χ1n) is 7.49. The molecule has 1 aromatic carbocycles. The van der Waals surface area contributed by atoms with Crippen molar-refractivity contribution in [2.75, 3.05) is 47.0 Å². The first kappa shape index (κ1) is 15.6. The molecule has 0 aromatic heterocycles. The second-order valence-electron chi connectivity index (χ2n) is 6.05. The van der Waals surface area contributed by atoms with E-state index >= 15 is 0 Å². The minimum atomic E-state index is 0.000664. The topological polar surface area (TPSA) is 42.0 Å². The zero-order chi connectivity index (χ0) is 15.7. The number of hydrogen-bond acceptors (Lipinski definition) is 4. The number of methoxy groups -OCH3 is 1. The van der Waals surface area contributed by atoms with E-state index < -0.39 is 0 Å². The lowest BCUT2D eigenvalue weighted by molar-refractivity contribution is 0.0432. The second kappa shape index (κ2) is 6.44. The number of benzene rings is 1. The summed E-state index contributed by atoms with van der Waals surface area (Å²) in [5, 5.41) is 0.564. The maximum Gasteiger partial charge on any atom is 0.257 e. The number of carbonyl (C=O) groups is 1. The molecule has 0 spiro atoms. The first-order chi connectivity index (χ1) is 10.6. The summed E-state index contributed by atoms with van der Waals surface area (Å²) in [4.78, 5) is 17.1. The summed E-state index contributed by atoms with van der Waals surface area (Å²) in [5.74, 6) is 0.872. The number of rotatable bonds is 2. The molecule has 0 aliphatic carbocycles. The summed E-state index contributed by atoms with van der Waals surface area (Å²) in [7, 11) is 3.66. The van der Waals surface area contributed by atoms with Crippen LogP contribution in [0.5, 0.6) is 5.75 Å². The zero-order valence-corrected chi connectivity index (χ0v) is 13.7. The highest BCUT2D eigenvalue weighted by Crippen LogP contribution is 2.26. The number of likely N-dealkylation sites (N-methyl/N-ethyl adjacent to an activating group) is 1. The van der Waals surface area contributed by atoms with Crippen LogP contribution in [0.4, 0.5) is 0 Å². The normalized spacial score (nSPS) is 25.7. The minimum absolute atomic E-state index is 0.000664. The van der Waals surface area contributed by atoms with Crippen molar-refractivity contribution in [3.63, 3.8) is 0 Å². The van der Waals surface area contributed by atoms with Crippen LogP contribution in [0.3, 0.4) is 0 Å². The number of fused-ring (bicyclic) bond motifs is 3. The van der Waals surface area contributed by atoms with E-state index in [1.165, 1.54) is 0 Å². The molecule has 6 heteroatoms. The van der Waals surface area contributed by atoms with Gasteiger partial charge in [0.25, 0.3) is 5.91 Å². The van der Waals surface area contributed by atoms with Gasteiger partial charge < -0.3 is 14.4 Å². The summed E-state index contributed by atoms with van der Waals surface area (Å²) >= 11 is 5.98. The van der Waals surface area contributed by atoms with Crippen LogP contribution in [0.25, 0.3) is 0 Å².